The van der Waals surface area contributed by atoms with Crippen molar-refractivity contribution in [3.05, 3.63) is 57.0 Å². The van der Waals surface area contributed by atoms with E-state index >= 15 is 0 Å². The van der Waals surface area contributed by atoms with Crippen molar-refractivity contribution in [3.8, 4) is 5.75 Å². The smallest absolute Gasteiger partial charge is 0.119 e. The molecule has 0 radical (unpaired) electrons. The summed E-state index contributed by atoms with van der Waals surface area (Å²) in [7, 11) is 0. The lowest BCUT2D eigenvalue weighted by Gasteiger charge is -2.15. The second-order valence-electron chi connectivity index (χ2n) is 4.42. The molecule has 2 aromatic carbocycles. The normalized spacial score (nSPS) is 12.0. The van der Waals surface area contributed by atoms with Gasteiger partial charge in [0.05, 0.1) is 0 Å². The molecule has 3 nitrogen and oxygen atoms in total. The Hall–Kier alpha value is -0.940. The first-order chi connectivity index (χ1) is 10.0. The van der Waals surface area contributed by atoms with Gasteiger partial charge in [-0.25, -0.2) is 0 Å². The van der Waals surface area contributed by atoms with Gasteiger partial charge in [0, 0.05) is 26.8 Å². The fourth-order valence-electron chi connectivity index (χ4n) is 1.64. The fraction of sp³-hybridized carbons (Fsp3) is 0.200. The SMILES string of the molecule is OC(CNc1ccc(Cl)cc1Br)COc1ccc(Cl)cc1. The third kappa shape index (κ3) is 5.40. The lowest BCUT2D eigenvalue weighted by Crippen LogP contribution is -2.26. The van der Waals surface area contributed by atoms with E-state index in [0.717, 1.165) is 10.2 Å². The number of ether oxygens (including phenoxy) is 1. The Balaban J connectivity index is 1.79. The molecular weight excluding hydrogens is 377 g/mol. The maximum atomic E-state index is 9.92. The first kappa shape index (κ1) is 16.4. The molecule has 0 bridgehead atoms. The van der Waals surface area contributed by atoms with Crippen LogP contribution in [-0.4, -0.2) is 24.4 Å². The van der Waals surface area contributed by atoms with Gasteiger partial charge in [0.1, 0.15) is 18.5 Å². The average Bonchev–Trinajstić information content (AvgIpc) is 2.46. The van der Waals surface area contributed by atoms with Gasteiger partial charge in [0.15, 0.2) is 0 Å². The molecule has 0 fully saturated rings. The van der Waals surface area contributed by atoms with Gasteiger partial charge in [-0.2, -0.15) is 0 Å². The minimum Gasteiger partial charge on any atom is -0.491 e. The molecule has 1 unspecified atom stereocenters. The minimum absolute atomic E-state index is 0.194. The highest BCUT2D eigenvalue weighted by molar-refractivity contribution is 9.10. The van der Waals surface area contributed by atoms with Crippen LogP contribution in [0.3, 0.4) is 0 Å². The molecule has 6 heteroatoms. The molecule has 2 aromatic rings. The number of nitrogens with one attached hydrogen (secondary N) is 1. The summed E-state index contributed by atoms with van der Waals surface area (Å²) in [5, 5.41) is 14.3. The topological polar surface area (TPSA) is 41.5 Å². The van der Waals surface area contributed by atoms with E-state index in [4.69, 9.17) is 27.9 Å². The lowest BCUT2D eigenvalue weighted by molar-refractivity contribution is 0.117. The molecule has 1 atom stereocenters. The van der Waals surface area contributed by atoms with Crippen molar-refractivity contribution >= 4 is 44.8 Å². The van der Waals surface area contributed by atoms with Crippen LogP contribution in [0, 0.1) is 0 Å². The number of rotatable bonds is 6. The molecule has 0 saturated carbocycles. The van der Waals surface area contributed by atoms with Gasteiger partial charge in [0.2, 0.25) is 0 Å². The van der Waals surface area contributed by atoms with Gasteiger partial charge in [-0.3, -0.25) is 0 Å². The summed E-state index contributed by atoms with van der Waals surface area (Å²) in [5.74, 6) is 0.672. The van der Waals surface area contributed by atoms with Crippen molar-refractivity contribution in [3.63, 3.8) is 0 Å². The van der Waals surface area contributed by atoms with Gasteiger partial charge in [-0.15, -0.1) is 0 Å². The second kappa shape index (κ2) is 7.90. The van der Waals surface area contributed by atoms with Gasteiger partial charge >= 0.3 is 0 Å². The maximum absolute atomic E-state index is 9.92. The van der Waals surface area contributed by atoms with E-state index in [1.807, 2.05) is 6.07 Å². The highest BCUT2D eigenvalue weighted by Crippen LogP contribution is 2.25. The van der Waals surface area contributed by atoms with Crippen molar-refractivity contribution in [1.82, 2.24) is 0 Å². The van der Waals surface area contributed by atoms with Crippen LogP contribution in [0.15, 0.2) is 46.9 Å². The first-order valence-corrected chi connectivity index (χ1v) is 7.85. The zero-order valence-electron chi connectivity index (χ0n) is 11.0. The highest BCUT2D eigenvalue weighted by atomic mass is 79.9. The molecule has 0 heterocycles. The largest absolute Gasteiger partial charge is 0.491 e. The van der Waals surface area contributed by atoms with E-state index < -0.39 is 6.10 Å². The van der Waals surface area contributed by atoms with Crippen LogP contribution in [0.5, 0.6) is 5.75 Å². The zero-order chi connectivity index (χ0) is 15.2. The predicted octanol–water partition coefficient (Wildman–Crippen LogP) is 4.61. The third-order valence-corrected chi connectivity index (χ3v) is 3.86. The molecule has 0 spiro atoms. The Morgan fingerprint density at radius 2 is 1.76 bits per heavy atom. The number of benzene rings is 2. The van der Waals surface area contributed by atoms with Gasteiger partial charge in [0.25, 0.3) is 0 Å². The molecule has 0 aliphatic heterocycles. The quantitative estimate of drug-likeness (QED) is 0.756. The number of anilines is 1. The summed E-state index contributed by atoms with van der Waals surface area (Å²) in [5.41, 5.74) is 0.866. The van der Waals surface area contributed by atoms with Crippen LogP contribution in [0.1, 0.15) is 0 Å². The lowest BCUT2D eigenvalue weighted by atomic mass is 10.3. The first-order valence-electron chi connectivity index (χ1n) is 6.30. The molecule has 2 N–H and O–H groups in total. The predicted molar refractivity (Wildman–Crippen MR) is 90.6 cm³/mol. The molecule has 2 rings (SSSR count). The summed E-state index contributed by atoms with van der Waals surface area (Å²) in [6, 6.07) is 12.4. The third-order valence-electron chi connectivity index (χ3n) is 2.72. The van der Waals surface area contributed by atoms with Gasteiger partial charge in [-0.05, 0) is 58.4 Å². The summed E-state index contributed by atoms with van der Waals surface area (Å²) in [6.45, 7) is 0.563. The van der Waals surface area contributed by atoms with E-state index in [1.54, 1.807) is 36.4 Å². The van der Waals surface area contributed by atoms with E-state index in [9.17, 15) is 5.11 Å². The monoisotopic (exact) mass is 389 g/mol. The Labute approximate surface area is 142 Å². The number of halogens is 3. The number of hydrogen-bond donors (Lipinski definition) is 2. The molecule has 0 aliphatic carbocycles. The van der Waals surface area contributed by atoms with Crippen LogP contribution < -0.4 is 10.1 Å². The minimum atomic E-state index is -0.636. The Kier molecular flexibility index (Phi) is 6.18. The summed E-state index contributed by atoms with van der Waals surface area (Å²) in [4.78, 5) is 0. The Morgan fingerprint density at radius 3 is 2.43 bits per heavy atom. The van der Waals surface area contributed by atoms with Gasteiger partial charge < -0.3 is 15.2 Å². The zero-order valence-corrected chi connectivity index (χ0v) is 14.1. The molecule has 112 valence electrons. The standard InChI is InChI=1S/C15H14BrCl2NO2/c16-14-7-11(18)3-6-15(14)19-8-12(20)9-21-13-4-1-10(17)2-5-13/h1-7,12,19-20H,8-9H2. The van der Waals surface area contributed by atoms with Crippen molar-refractivity contribution < 1.29 is 9.84 Å². The molecule has 0 aliphatic rings. The van der Waals surface area contributed by atoms with Crippen molar-refractivity contribution in [2.75, 3.05) is 18.5 Å². The van der Waals surface area contributed by atoms with Crippen molar-refractivity contribution in [1.29, 1.82) is 0 Å². The molecule has 0 amide bonds. The van der Waals surface area contributed by atoms with Crippen LogP contribution >= 0.6 is 39.1 Å². The van der Waals surface area contributed by atoms with E-state index in [-0.39, 0.29) is 6.61 Å². The van der Waals surface area contributed by atoms with Crippen molar-refractivity contribution in [2.24, 2.45) is 0 Å². The van der Waals surface area contributed by atoms with E-state index in [2.05, 4.69) is 21.2 Å². The van der Waals surface area contributed by atoms with Gasteiger partial charge in [-0.1, -0.05) is 23.2 Å². The number of aliphatic hydroxyl groups is 1. The van der Waals surface area contributed by atoms with E-state index in [1.165, 1.54) is 0 Å². The summed E-state index contributed by atoms with van der Waals surface area (Å²) < 4.78 is 6.33. The number of hydrogen-bond acceptors (Lipinski definition) is 3. The van der Waals surface area contributed by atoms with Crippen LogP contribution in [-0.2, 0) is 0 Å². The second-order valence-corrected chi connectivity index (χ2v) is 6.15. The van der Waals surface area contributed by atoms with Crippen LogP contribution in [0.2, 0.25) is 10.0 Å². The van der Waals surface area contributed by atoms with Crippen LogP contribution in [0.25, 0.3) is 0 Å². The summed E-state index contributed by atoms with van der Waals surface area (Å²) in [6.07, 6.45) is -0.636. The Bertz CT molecular complexity index is 593. The van der Waals surface area contributed by atoms with Crippen LogP contribution in [0.4, 0.5) is 5.69 Å². The molecule has 0 aromatic heterocycles. The number of aliphatic hydroxyl groups excluding tert-OH is 1. The molecule has 21 heavy (non-hydrogen) atoms. The molecule has 0 saturated heterocycles. The maximum Gasteiger partial charge on any atom is 0.119 e. The summed E-state index contributed by atoms with van der Waals surface area (Å²) >= 11 is 15.1. The van der Waals surface area contributed by atoms with Crippen molar-refractivity contribution in [2.45, 2.75) is 6.10 Å². The fourth-order valence-corrected chi connectivity index (χ4v) is 2.59. The molecular formula is C15H14BrCl2NO2. The average molecular weight is 391 g/mol. The Morgan fingerprint density at radius 1 is 1.10 bits per heavy atom. The highest BCUT2D eigenvalue weighted by Gasteiger charge is 2.07. The van der Waals surface area contributed by atoms with E-state index in [0.29, 0.717) is 22.3 Å².